The molecule has 15 heteroatoms. The highest BCUT2D eigenvalue weighted by Gasteiger charge is 2.35. The van der Waals surface area contributed by atoms with Gasteiger partial charge in [0.2, 0.25) is 0 Å². The summed E-state index contributed by atoms with van der Waals surface area (Å²) in [5, 5.41) is 25.3. The van der Waals surface area contributed by atoms with Crippen LogP contribution in [0.2, 0.25) is 0 Å². The summed E-state index contributed by atoms with van der Waals surface area (Å²) in [5.41, 5.74) is 0. The van der Waals surface area contributed by atoms with Gasteiger partial charge in [0, 0.05) is 19.3 Å². The van der Waals surface area contributed by atoms with Crippen LogP contribution in [0.5, 0.6) is 0 Å². The van der Waals surface area contributed by atoms with Gasteiger partial charge in [0.15, 0.2) is 17.8 Å². The Kier molecular flexibility index (Phi) is 36.7. The Labute approximate surface area is 273 Å². The molecule has 0 bridgehead atoms. The first-order chi connectivity index (χ1) is 21.7. The fourth-order valence-corrected chi connectivity index (χ4v) is 3.23. The van der Waals surface area contributed by atoms with Crippen molar-refractivity contribution < 1.29 is 57.2 Å². The smallest absolute Gasteiger partial charge is 0.320 e. The van der Waals surface area contributed by atoms with Gasteiger partial charge in [0.1, 0.15) is 0 Å². The number of hydrogen-bond acceptors (Lipinski definition) is 15. The highest BCUT2D eigenvalue weighted by molar-refractivity contribution is 5.96. The lowest BCUT2D eigenvalue weighted by molar-refractivity contribution is -0.163. The number of carbonyl (C=O) groups excluding carboxylic acids is 6. The molecule has 0 aliphatic rings. The van der Waals surface area contributed by atoms with Crippen LogP contribution < -0.4 is 0 Å². The molecule has 0 aromatic carbocycles. The lowest BCUT2D eigenvalue weighted by Gasteiger charge is -2.16. The zero-order valence-electron chi connectivity index (χ0n) is 29.3. The van der Waals surface area contributed by atoms with Crippen molar-refractivity contribution in [2.75, 3.05) is 42.7 Å². The third kappa shape index (κ3) is 21.1. The van der Waals surface area contributed by atoms with Gasteiger partial charge in [-0.15, -0.1) is 0 Å². The van der Waals surface area contributed by atoms with E-state index in [0.717, 1.165) is 0 Å². The zero-order chi connectivity index (χ0) is 37.4. The molecule has 0 saturated heterocycles. The topological polar surface area (TPSA) is 229 Å². The van der Waals surface area contributed by atoms with E-state index in [1.165, 1.54) is 42.7 Å². The second kappa shape index (κ2) is 33.2. The average molecular weight is 658 g/mol. The van der Waals surface area contributed by atoms with Crippen molar-refractivity contribution in [3.8, 4) is 18.2 Å². The van der Waals surface area contributed by atoms with Crippen molar-refractivity contribution in [2.45, 2.75) is 67.7 Å². The molecule has 262 valence electrons. The van der Waals surface area contributed by atoms with Crippen molar-refractivity contribution in [3.63, 3.8) is 0 Å². The van der Waals surface area contributed by atoms with E-state index < -0.39 is 71.3 Å². The number of carbonyl (C=O) groups is 6. The van der Waals surface area contributed by atoms with E-state index >= 15 is 0 Å². The van der Waals surface area contributed by atoms with Gasteiger partial charge in [-0.25, -0.2) is 0 Å². The third-order valence-corrected chi connectivity index (χ3v) is 5.68. The van der Waals surface area contributed by atoms with Crippen LogP contribution in [-0.2, 0) is 57.2 Å². The van der Waals surface area contributed by atoms with E-state index in [0.29, 0.717) is 0 Å². The fraction of sp³-hybridized carbons (Fsp3) is 0.710. The summed E-state index contributed by atoms with van der Waals surface area (Å²) in [4.78, 5) is 67.2. The number of ether oxygens (including phenoxy) is 6. The Hall–Kier alpha value is -4.71. The Morgan fingerprint density at radius 2 is 0.543 bits per heavy atom. The van der Waals surface area contributed by atoms with E-state index in [-0.39, 0.29) is 19.3 Å². The summed E-state index contributed by atoms with van der Waals surface area (Å²) in [6.07, 6.45) is 0.318. The van der Waals surface area contributed by atoms with Gasteiger partial charge in [-0.2, -0.15) is 15.8 Å². The number of rotatable bonds is 12. The number of hydrogen-bond donors (Lipinski definition) is 0. The summed E-state index contributed by atoms with van der Waals surface area (Å²) in [7, 11) is 7.15. The van der Waals surface area contributed by atoms with Crippen LogP contribution in [0.4, 0.5) is 0 Å². The molecular formula is C31H51N3O12. The van der Waals surface area contributed by atoms with Gasteiger partial charge in [-0.05, 0) is 17.8 Å². The van der Waals surface area contributed by atoms with Crippen molar-refractivity contribution >= 4 is 35.8 Å². The second-order valence-corrected chi connectivity index (χ2v) is 8.59. The molecule has 0 aliphatic heterocycles. The molecule has 0 saturated carbocycles. The largest absolute Gasteiger partial charge is 0.468 e. The summed E-state index contributed by atoms with van der Waals surface area (Å²) < 4.78 is 26.7. The Morgan fingerprint density at radius 1 is 0.413 bits per heavy atom. The lowest BCUT2D eigenvalue weighted by Crippen LogP contribution is -2.32. The molecule has 0 heterocycles. The van der Waals surface area contributed by atoms with Crippen molar-refractivity contribution in [3.05, 3.63) is 0 Å². The van der Waals surface area contributed by atoms with Crippen molar-refractivity contribution in [2.24, 2.45) is 35.5 Å². The van der Waals surface area contributed by atoms with Crippen molar-refractivity contribution in [1.82, 2.24) is 0 Å². The van der Waals surface area contributed by atoms with Crippen LogP contribution >= 0.6 is 0 Å². The molecule has 0 radical (unpaired) electrons. The highest BCUT2D eigenvalue weighted by Crippen LogP contribution is 2.20. The van der Waals surface area contributed by atoms with Crippen LogP contribution in [0.3, 0.4) is 0 Å². The molecule has 0 N–H and O–H groups in total. The zero-order valence-corrected chi connectivity index (χ0v) is 29.3. The lowest BCUT2D eigenvalue weighted by atomic mass is 9.92. The van der Waals surface area contributed by atoms with E-state index in [4.69, 9.17) is 15.8 Å². The maximum atomic E-state index is 11.2. The van der Waals surface area contributed by atoms with E-state index in [1.807, 2.05) is 45.9 Å². The first-order valence-electron chi connectivity index (χ1n) is 14.3. The molecular weight excluding hydrogens is 606 g/mol. The highest BCUT2D eigenvalue weighted by atomic mass is 16.6. The fourth-order valence-electron chi connectivity index (χ4n) is 3.23. The third-order valence-electron chi connectivity index (χ3n) is 5.68. The first kappa shape index (κ1) is 50.9. The predicted octanol–water partition coefficient (Wildman–Crippen LogP) is 3.55. The Morgan fingerprint density at radius 3 is 0.630 bits per heavy atom. The minimum absolute atomic E-state index is 0.106. The number of methoxy groups -OCH3 is 6. The van der Waals surface area contributed by atoms with Crippen LogP contribution in [0.25, 0.3) is 0 Å². The SMILES string of the molecule is CC.CC.COC(=O)C(C(=O)OC)[C@@H](C)CC#N.COC(=O)C(C(=O)OC)[C@@H](C)CC#N.COC(=O)C(C(=O)OC)[C@H](C)CC#N. The molecule has 0 amide bonds. The quantitative estimate of drug-likeness (QED) is 0.166. The normalized spacial score (nSPS) is 10.9. The van der Waals surface area contributed by atoms with Crippen LogP contribution in [-0.4, -0.2) is 78.5 Å². The van der Waals surface area contributed by atoms with Crippen LogP contribution in [0.1, 0.15) is 67.7 Å². The van der Waals surface area contributed by atoms with Gasteiger partial charge < -0.3 is 28.4 Å². The standard InChI is InChI=1S/3C9H13NO4.2C2H6/c3*1-6(4-5-10)7(8(11)13-2)9(12)14-3;2*1-2/h3*6-7H,4H2,1-3H3;2*1-2H3/t3*6-;;/m100../s1. The monoisotopic (exact) mass is 657 g/mol. The maximum absolute atomic E-state index is 11.2. The minimum atomic E-state index is -1.01. The van der Waals surface area contributed by atoms with Crippen LogP contribution in [0, 0.1) is 69.5 Å². The van der Waals surface area contributed by atoms with Gasteiger partial charge in [-0.3, -0.25) is 28.8 Å². The molecule has 0 aliphatic carbocycles. The Bertz CT molecular complexity index is 851. The van der Waals surface area contributed by atoms with E-state index in [2.05, 4.69) is 28.4 Å². The molecule has 46 heavy (non-hydrogen) atoms. The average Bonchev–Trinajstić information content (AvgIpc) is 3.07. The van der Waals surface area contributed by atoms with E-state index in [9.17, 15) is 28.8 Å². The number of nitrogens with zero attached hydrogens (tertiary/aromatic N) is 3. The van der Waals surface area contributed by atoms with Crippen LogP contribution in [0.15, 0.2) is 0 Å². The molecule has 0 aromatic rings. The van der Waals surface area contributed by atoms with Gasteiger partial charge in [0.25, 0.3) is 0 Å². The Balaban J connectivity index is -0.000000173. The number of nitriles is 3. The minimum Gasteiger partial charge on any atom is -0.468 e. The molecule has 0 fully saturated rings. The summed E-state index contributed by atoms with van der Waals surface area (Å²) >= 11 is 0. The summed E-state index contributed by atoms with van der Waals surface area (Å²) in [6.45, 7) is 12.9. The van der Waals surface area contributed by atoms with Gasteiger partial charge in [0.05, 0.1) is 60.9 Å². The first-order valence-corrected chi connectivity index (χ1v) is 14.3. The predicted molar refractivity (Wildman–Crippen MR) is 163 cm³/mol. The molecule has 3 atom stereocenters. The van der Waals surface area contributed by atoms with Gasteiger partial charge >= 0.3 is 35.8 Å². The summed E-state index contributed by atoms with van der Waals surface area (Å²) in [5.74, 6) is -8.24. The van der Waals surface area contributed by atoms with Crippen molar-refractivity contribution in [1.29, 1.82) is 15.8 Å². The number of esters is 6. The van der Waals surface area contributed by atoms with Gasteiger partial charge in [-0.1, -0.05) is 48.5 Å². The molecule has 15 nitrogen and oxygen atoms in total. The molecule has 0 rings (SSSR count). The second-order valence-electron chi connectivity index (χ2n) is 8.59. The molecule has 0 spiro atoms. The molecule has 0 aromatic heterocycles. The summed E-state index contributed by atoms with van der Waals surface area (Å²) in [6, 6.07) is 5.67. The molecule has 0 unspecified atom stereocenters. The maximum Gasteiger partial charge on any atom is 0.320 e. The van der Waals surface area contributed by atoms with E-state index in [1.54, 1.807) is 20.8 Å².